The van der Waals surface area contributed by atoms with E-state index in [1.54, 1.807) is 36.1 Å². The Labute approximate surface area is 221 Å². The van der Waals surface area contributed by atoms with Gasteiger partial charge >= 0.3 is 0 Å². The molecule has 4 aromatic rings. The number of anilines is 3. The fraction of sp³-hybridized carbons (Fsp3) is 0.167. The molecule has 0 fully saturated rings. The maximum atomic E-state index is 13.6. The normalized spacial score (nSPS) is 14.4. The molecule has 1 aliphatic heterocycles. The average molecular weight is 508 g/mol. The van der Waals surface area contributed by atoms with E-state index in [1.807, 2.05) is 69.3 Å². The zero-order valence-electron chi connectivity index (χ0n) is 21.7. The fourth-order valence-corrected chi connectivity index (χ4v) is 4.48. The molecule has 1 aromatic heterocycles. The zero-order chi connectivity index (χ0) is 26.8. The second kappa shape index (κ2) is 10.3. The number of benzene rings is 3. The maximum absolute atomic E-state index is 13.6. The number of amides is 2. The molecule has 0 unspecified atom stereocenters. The van der Waals surface area contributed by atoms with Crippen LogP contribution in [0.2, 0.25) is 0 Å². The first-order valence-corrected chi connectivity index (χ1v) is 12.3. The van der Waals surface area contributed by atoms with Crippen molar-refractivity contribution in [3.05, 3.63) is 113 Å². The van der Waals surface area contributed by atoms with Crippen LogP contribution in [0, 0.1) is 13.8 Å². The van der Waals surface area contributed by atoms with Gasteiger partial charge in [0.1, 0.15) is 23.2 Å². The molecule has 0 bridgehead atoms. The van der Waals surface area contributed by atoms with E-state index in [-0.39, 0.29) is 11.8 Å². The van der Waals surface area contributed by atoms with Gasteiger partial charge in [0.25, 0.3) is 11.8 Å². The Balaban J connectivity index is 1.51. The van der Waals surface area contributed by atoms with Crippen LogP contribution in [0.4, 0.5) is 17.2 Å². The van der Waals surface area contributed by atoms with Crippen molar-refractivity contribution in [1.82, 2.24) is 9.78 Å². The largest absolute Gasteiger partial charge is 0.497 e. The summed E-state index contributed by atoms with van der Waals surface area (Å²) in [6, 6.07) is 22.2. The molecule has 0 aliphatic carbocycles. The first-order chi connectivity index (χ1) is 18.3. The molecule has 192 valence electrons. The van der Waals surface area contributed by atoms with Crippen LogP contribution in [0.15, 0.2) is 90.3 Å². The highest BCUT2D eigenvalue weighted by molar-refractivity contribution is 6.09. The van der Waals surface area contributed by atoms with Crippen molar-refractivity contribution in [2.75, 3.05) is 23.1 Å². The standard InChI is InChI=1S/C30H29N5O3/c1-18-5-9-21(10-6-18)27-26(30(37)34-23-13-15-24(38-4)16-14-23)20(3)32-28-25(17-31-35(27)28)29(36)33-22-11-7-19(2)8-12-22/h5-17,27,32H,1-4H3,(H,33,36)(H,34,37)/t27-/m1/s1. The van der Waals surface area contributed by atoms with Gasteiger partial charge in [0.05, 0.1) is 18.9 Å². The number of methoxy groups -OCH3 is 1. The molecule has 5 rings (SSSR count). The summed E-state index contributed by atoms with van der Waals surface area (Å²) in [5.41, 5.74) is 5.95. The molecule has 8 heteroatoms. The zero-order valence-corrected chi connectivity index (χ0v) is 21.7. The lowest BCUT2D eigenvalue weighted by Gasteiger charge is -2.30. The number of allylic oxidation sites excluding steroid dienone is 1. The quantitative estimate of drug-likeness (QED) is 0.312. The van der Waals surface area contributed by atoms with Crippen molar-refractivity contribution in [2.24, 2.45) is 0 Å². The summed E-state index contributed by atoms with van der Waals surface area (Å²) in [6.45, 7) is 5.84. The predicted molar refractivity (Wildman–Crippen MR) is 149 cm³/mol. The van der Waals surface area contributed by atoms with Crippen LogP contribution in [0.1, 0.15) is 40.0 Å². The third kappa shape index (κ3) is 4.88. The second-order valence-electron chi connectivity index (χ2n) is 9.33. The van der Waals surface area contributed by atoms with Crippen LogP contribution in [0.3, 0.4) is 0 Å². The van der Waals surface area contributed by atoms with Crippen molar-refractivity contribution in [2.45, 2.75) is 26.8 Å². The monoisotopic (exact) mass is 507 g/mol. The van der Waals surface area contributed by atoms with Crippen LogP contribution < -0.4 is 20.7 Å². The van der Waals surface area contributed by atoms with Gasteiger partial charge in [-0.25, -0.2) is 4.68 Å². The third-order valence-electron chi connectivity index (χ3n) is 6.56. The minimum Gasteiger partial charge on any atom is -0.497 e. The number of hydrogen-bond donors (Lipinski definition) is 3. The van der Waals surface area contributed by atoms with E-state index in [0.717, 1.165) is 16.7 Å². The molecule has 1 atom stereocenters. The molecule has 2 heterocycles. The fourth-order valence-electron chi connectivity index (χ4n) is 4.48. The highest BCUT2D eigenvalue weighted by Crippen LogP contribution is 2.38. The van der Waals surface area contributed by atoms with Crippen molar-refractivity contribution in [3.63, 3.8) is 0 Å². The van der Waals surface area contributed by atoms with Crippen LogP contribution >= 0.6 is 0 Å². The SMILES string of the molecule is COc1ccc(NC(=O)C2=C(C)Nc3c(C(=O)Nc4ccc(C)cc4)cnn3[C@@H]2c2ccc(C)cc2)cc1. The van der Waals surface area contributed by atoms with Crippen molar-refractivity contribution in [3.8, 4) is 5.75 Å². The maximum Gasteiger partial charge on any atom is 0.261 e. The molecule has 38 heavy (non-hydrogen) atoms. The smallest absolute Gasteiger partial charge is 0.261 e. The Bertz CT molecular complexity index is 1520. The van der Waals surface area contributed by atoms with Gasteiger partial charge in [0.2, 0.25) is 0 Å². The minimum atomic E-state index is -0.536. The molecule has 3 N–H and O–H groups in total. The third-order valence-corrected chi connectivity index (χ3v) is 6.56. The van der Waals surface area contributed by atoms with E-state index in [4.69, 9.17) is 4.74 Å². The lowest BCUT2D eigenvalue weighted by Crippen LogP contribution is -2.32. The summed E-state index contributed by atoms with van der Waals surface area (Å²) in [7, 11) is 1.60. The minimum absolute atomic E-state index is 0.266. The van der Waals surface area contributed by atoms with Gasteiger partial charge in [-0.1, -0.05) is 47.5 Å². The Hall–Kier alpha value is -4.85. The molecule has 2 amide bonds. The van der Waals surface area contributed by atoms with E-state index in [2.05, 4.69) is 21.0 Å². The average Bonchev–Trinajstić information content (AvgIpc) is 3.33. The Kier molecular flexibility index (Phi) is 6.70. The molecular formula is C30H29N5O3. The van der Waals surface area contributed by atoms with Crippen LogP contribution in [-0.4, -0.2) is 28.7 Å². The highest BCUT2D eigenvalue weighted by atomic mass is 16.5. The molecule has 8 nitrogen and oxygen atoms in total. The molecule has 3 aromatic carbocycles. The summed E-state index contributed by atoms with van der Waals surface area (Å²) >= 11 is 0. The van der Waals surface area contributed by atoms with Gasteiger partial charge in [0.15, 0.2) is 0 Å². The van der Waals surface area contributed by atoms with Gasteiger partial charge < -0.3 is 20.7 Å². The molecule has 0 spiro atoms. The molecular weight excluding hydrogens is 478 g/mol. The van der Waals surface area contributed by atoms with Crippen molar-refractivity contribution < 1.29 is 14.3 Å². The lowest BCUT2D eigenvalue weighted by atomic mass is 9.94. The Morgan fingerprint density at radius 2 is 1.37 bits per heavy atom. The summed E-state index contributed by atoms with van der Waals surface area (Å²) in [5, 5.41) is 13.8. The predicted octanol–water partition coefficient (Wildman–Crippen LogP) is 5.69. The summed E-state index contributed by atoms with van der Waals surface area (Å²) in [5.74, 6) is 0.674. The van der Waals surface area contributed by atoms with Crippen molar-refractivity contribution >= 4 is 29.0 Å². The molecule has 0 radical (unpaired) electrons. The second-order valence-corrected chi connectivity index (χ2v) is 9.33. The molecule has 0 saturated carbocycles. The summed E-state index contributed by atoms with van der Waals surface area (Å²) < 4.78 is 6.92. The van der Waals surface area contributed by atoms with Gasteiger partial charge in [-0.2, -0.15) is 5.10 Å². The number of carbonyl (C=O) groups excluding carboxylic acids is 2. The van der Waals surface area contributed by atoms with Gasteiger partial charge in [0, 0.05) is 17.1 Å². The van der Waals surface area contributed by atoms with E-state index < -0.39 is 6.04 Å². The van der Waals surface area contributed by atoms with Crippen LogP contribution in [-0.2, 0) is 4.79 Å². The van der Waals surface area contributed by atoms with E-state index >= 15 is 0 Å². The van der Waals surface area contributed by atoms with Crippen LogP contribution in [0.5, 0.6) is 5.75 Å². The van der Waals surface area contributed by atoms with Crippen LogP contribution in [0.25, 0.3) is 0 Å². The highest BCUT2D eigenvalue weighted by Gasteiger charge is 2.35. The van der Waals surface area contributed by atoms with Gasteiger partial charge in [-0.3, -0.25) is 9.59 Å². The number of hydrogen-bond acceptors (Lipinski definition) is 5. The number of carbonyl (C=O) groups is 2. The van der Waals surface area contributed by atoms with Crippen molar-refractivity contribution in [1.29, 1.82) is 0 Å². The number of aryl methyl sites for hydroxylation is 2. The van der Waals surface area contributed by atoms with Gasteiger partial charge in [-0.05, 0) is 62.7 Å². The van der Waals surface area contributed by atoms with Gasteiger partial charge in [-0.15, -0.1) is 0 Å². The number of ether oxygens (including phenoxy) is 1. The number of rotatable bonds is 6. The van der Waals surface area contributed by atoms with E-state index in [1.165, 1.54) is 6.20 Å². The molecule has 0 saturated heterocycles. The number of nitrogens with one attached hydrogen (secondary N) is 3. The lowest BCUT2D eigenvalue weighted by molar-refractivity contribution is -0.113. The number of fused-ring (bicyclic) bond motifs is 1. The van der Waals surface area contributed by atoms with E-state index in [0.29, 0.717) is 39.8 Å². The first kappa shape index (κ1) is 24.8. The Morgan fingerprint density at radius 3 is 1.97 bits per heavy atom. The van der Waals surface area contributed by atoms with E-state index in [9.17, 15) is 9.59 Å². The number of nitrogens with zero attached hydrogens (tertiary/aromatic N) is 2. The Morgan fingerprint density at radius 1 is 0.816 bits per heavy atom. The summed E-state index contributed by atoms with van der Waals surface area (Å²) in [4.78, 5) is 26.9. The topological polar surface area (TPSA) is 97.3 Å². The first-order valence-electron chi connectivity index (χ1n) is 12.3. The number of aromatic nitrogens is 2. The summed E-state index contributed by atoms with van der Waals surface area (Å²) in [6.07, 6.45) is 1.53. The molecule has 1 aliphatic rings.